The lowest BCUT2D eigenvalue weighted by Gasteiger charge is -2.29. The maximum atomic E-state index is 13.3. The lowest BCUT2D eigenvalue weighted by Crippen LogP contribution is -2.46. The van der Waals surface area contributed by atoms with Gasteiger partial charge in [-0.15, -0.1) is 0 Å². The van der Waals surface area contributed by atoms with Crippen molar-refractivity contribution in [1.82, 2.24) is 9.29 Å². The van der Waals surface area contributed by atoms with Crippen LogP contribution in [0.2, 0.25) is 0 Å². The molecular formula is C16H20N2O6S2. The van der Waals surface area contributed by atoms with Crippen molar-refractivity contribution in [3.05, 3.63) is 36.5 Å². The molecule has 1 aliphatic heterocycles. The normalized spacial score (nSPS) is 21.3. The highest BCUT2D eigenvalue weighted by molar-refractivity contribution is 7.92. The number of sulfonamides is 1. The Balaban J connectivity index is 2.09. The quantitative estimate of drug-likeness (QED) is 0.686. The zero-order chi connectivity index (χ0) is 18.9. The minimum Gasteiger partial charge on any atom is -0.394 e. The summed E-state index contributed by atoms with van der Waals surface area (Å²) in [6.45, 7) is -1.01. The summed E-state index contributed by atoms with van der Waals surface area (Å²) in [5.74, 6) is -0.407. The Kier molecular flexibility index (Phi) is 5.31. The maximum Gasteiger partial charge on any atom is 0.245 e. The number of para-hydroxylation sites is 1. The molecule has 1 saturated heterocycles. The standard InChI is InChI=1S/C16H20N2O6S2/c19-10-14(20)9-18(13-6-8-25(21,22)11-13)26(23,24)15-5-1-3-12-4-2-7-17-16(12)15/h1-5,7,13-14,19-20H,6,8-11H2/t13-,14-/m1/s1. The van der Waals surface area contributed by atoms with Crippen LogP contribution >= 0.6 is 0 Å². The van der Waals surface area contributed by atoms with Crippen LogP contribution in [-0.2, 0) is 19.9 Å². The second-order valence-electron chi connectivity index (χ2n) is 6.30. The van der Waals surface area contributed by atoms with Crippen molar-refractivity contribution in [2.75, 3.05) is 24.7 Å². The van der Waals surface area contributed by atoms with Crippen LogP contribution in [-0.4, -0.2) is 73.1 Å². The molecule has 2 N–H and O–H groups in total. The van der Waals surface area contributed by atoms with Gasteiger partial charge >= 0.3 is 0 Å². The van der Waals surface area contributed by atoms with Gasteiger partial charge < -0.3 is 10.2 Å². The van der Waals surface area contributed by atoms with Crippen molar-refractivity contribution >= 4 is 30.8 Å². The molecule has 1 aromatic heterocycles. The third-order valence-corrected chi connectivity index (χ3v) is 8.10. The average molecular weight is 400 g/mol. The van der Waals surface area contributed by atoms with E-state index in [-0.39, 0.29) is 34.9 Å². The third kappa shape index (κ3) is 3.74. The summed E-state index contributed by atoms with van der Waals surface area (Å²) in [6.07, 6.45) is 0.322. The molecule has 0 radical (unpaired) electrons. The molecule has 0 unspecified atom stereocenters. The highest BCUT2D eigenvalue weighted by Crippen LogP contribution is 2.29. The number of aromatic nitrogens is 1. The molecule has 26 heavy (non-hydrogen) atoms. The fourth-order valence-corrected chi connectivity index (χ4v) is 6.81. The summed E-state index contributed by atoms with van der Waals surface area (Å²) < 4.78 is 51.2. The van der Waals surface area contributed by atoms with Crippen molar-refractivity contribution in [1.29, 1.82) is 0 Å². The van der Waals surface area contributed by atoms with Crippen molar-refractivity contribution < 1.29 is 27.0 Å². The van der Waals surface area contributed by atoms with Gasteiger partial charge in [-0.2, -0.15) is 4.31 Å². The third-order valence-electron chi connectivity index (χ3n) is 4.40. The molecule has 0 bridgehead atoms. The van der Waals surface area contributed by atoms with Crippen LogP contribution in [0.3, 0.4) is 0 Å². The average Bonchev–Trinajstić information content (AvgIpc) is 2.98. The second-order valence-corrected chi connectivity index (χ2v) is 10.4. The van der Waals surface area contributed by atoms with Crippen LogP contribution < -0.4 is 0 Å². The van der Waals surface area contributed by atoms with Gasteiger partial charge in [0, 0.05) is 24.2 Å². The van der Waals surface area contributed by atoms with Gasteiger partial charge in [-0.3, -0.25) is 4.98 Å². The summed E-state index contributed by atoms with van der Waals surface area (Å²) in [4.78, 5) is 4.10. The molecule has 2 aromatic rings. The summed E-state index contributed by atoms with van der Waals surface area (Å²) in [7, 11) is -7.46. The number of benzene rings is 1. The van der Waals surface area contributed by atoms with E-state index < -0.39 is 38.6 Å². The van der Waals surface area contributed by atoms with Gasteiger partial charge in [0.1, 0.15) is 4.90 Å². The van der Waals surface area contributed by atoms with E-state index >= 15 is 0 Å². The van der Waals surface area contributed by atoms with Crippen LogP contribution in [0.15, 0.2) is 41.4 Å². The molecular weight excluding hydrogens is 380 g/mol. The number of hydrogen-bond donors (Lipinski definition) is 2. The van der Waals surface area contributed by atoms with Crippen molar-refractivity contribution in [3.8, 4) is 0 Å². The van der Waals surface area contributed by atoms with Crippen LogP contribution in [0.1, 0.15) is 6.42 Å². The van der Waals surface area contributed by atoms with E-state index in [0.717, 1.165) is 4.31 Å². The molecule has 2 heterocycles. The Morgan fingerprint density at radius 3 is 2.65 bits per heavy atom. The van der Waals surface area contributed by atoms with Crippen molar-refractivity contribution in [2.45, 2.75) is 23.5 Å². The first kappa shape index (κ1) is 19.2. The fourth-order valence-electron chi connectivity index (χ4n) is 3.12. The highest BCUT2D eigenvalue weighted by atomic mass is 32.2. The van der Waals surface area contributed by atoms with Gasteiger partial charge in [-0.05, 0) is 18.6 Å². The Hall–Kier alpha value is -1.59. The van der Waals surface area contributed by atoms with Crippen molar-refractivity contribution in [2.24, 2.45) is 0 Å². The molecule has 3 rings (SSSR count). The largest absolute Gasteiger partial charge is 0.394 e. The van der Waals surface area contributed by atoms with E-state index in [0.29, 0.717) is 5.39 Å². The Morgan fingerprint density at radius 2 is 2.00 bits per heavy atom. The summed E-state index contributed by atoms with van der Waals surface area (Å²) >= 11 is 0. The molecule has 1 aromatic carbocycles. The van der Waals surface area contributed by atoms with Crippen LogP contribution in [0.5, 0.6) is 0 Å². The van der Waals surface area contributed by atoms with E-state index in [4.69, 9.17) is 5.11 Å². The Morgan fingerprint density at radius 1 is 1.27 bits per heavy atom. The smallest absolute Gasteiger partial charge is 0.245 e. The summed E-state index contributed by atoms with van der Waals surface area (Å²) in [5.41, 5.74) is 0.277. The number of fused-ring (bicyclic) bond motifs is 1. The molecule has 1 fully saturated rings. The molecule has 0 aliphatic carbocycles. The number of aliphatic hydroxyl groups is 2. The number of pyridine rings is 1. The topological polar surface area (TPSA) is 125 Å². The van der Waals surface area contributed by atoms with E-state index in [1.165, 1.54) is 12.3 Å². The zero-order valence-corrected chi connectivity index (χ0v) is 15.5. The fraction of sp³-hybridized carbons (Fsp3) is 0.438. The number of rotatable bonds is 6. The first-order valence-corrected chi connectivity index (χ1v) is 11.4. The molecule has 0 spiro atoms. The Bertz CT molecular complexity index is 1000. The van der Waals surface area contributed by atoms with E-state index in [9.17, 15) is 21.9 Å². The van der Waals surface area contributed by atoms with E-state index in [1.54, 1.807) is 24.3 Å². The Labute approximate surface area is 152 Å². The number of nitrogens with zero attached hydrogens (tertiary/aromatic N) is 2. The lowest BCUT2D eigenvalue weighted by molar-refractivity contribution is 0.0730. The highest BCUT2D eigenvalue weighted by Gasteiger charge is 2.40. The number of sulfone groups is 1. The van der Waals surface area contributed by atoms with Crippen LogP contribution in [0.25, 0.3) is 10.9 Å². The van der Waals surface area contributed by atoms with Gasteiger partial charge in [-0.25, -0.2) is 16.8 Å². The van der Waals surface area contributed by atoms with Crippen LogP contribution in [0.4, 0.5) is 0 Å². The minimum absolute atomic E-state index is 0.0509. The molecule has 8 nitrogen and oxygen atoms in total. The first-order valence-electron chi connectivity index (χ1n) is 8.09. The molecule has 0 amide bonds. The maximum absolute atomic E-state index is 13.3. The van der Waals surface area contributed by atoms with Gasteiger partial charge in [0.15, 0.2) is 9.84 Å². The van der Waals surface area contributed by atoms with Crippen molar-refractivity contribution in [3.63, 3.8) is 0 Å². The number of aliphatic hydroxyl groups excluding tert-OH is 2. The van der Waals surface area contributed by atoms with Gasteiger partial charge in [0.05, 0.1) is 29.7 Å². The lowest BCUT2D eigenvalue weighted by atomic mass is 10.2. The second kappa shape index (κ2) is 7.20. The molecule has 1 aliphatic rings. The molecule has 142 valence electrons. The van der Waals surface area contributed by atoms with Gasteiger partial charge in [0.2, 0.25) is 10.0 Å². The van der Waals surface area contributed by atoms with Crippen LogP contribution in [0, 0.1) is 0 Å². The van der Waals surface area contributed by atoms with Gasteiger partial charge in [-0.1, -0.05) is 18.2 Å². The molecule has 0 saturated carbocycles. The SMILES string of the molecule is O=S1(=O)CC[C@@H](N(C[C@@H](O)CO)S(=O)(=O)c2cccc3cccnc23)C1. The monoisotopic (exact) mass is 400 g/mol. The molecule has 10 heteroatoms. The predicted molar refractivity (Wildman–Crippen MR) is 95.8 cm³/mol. The van der Waals surface area contributed by atoms with E-state index in [2.05, 4.69) is 4.98 Å². The molecule has 2 atom stereocenters. The summed E-state index contributed by atoms with van der Waals surface area (Å²) in [6, 6.07) is 7.36. The summed E-state index contributed by atoms with van der Waals surface area (Å²) in [5, 5.41) is 19.6. The first-order chi connectivity index (χ1) is 12.2. The number of hydrogen-bond acceptors (Lipinski definition) is 7. The predicted octanol–water partition coefficient (Wildman–Crippen LogP) is -0.234. The van der Waals surface area contributed by atoms with E-state index in [1.807, 2.05) is 0 Å². The zero-order valence-electron chi connectivity index (χ0n) is 13.9. The minimum atomic E-state index is -4.13. The van der Waals surface area contributed by atoms with Gasteiger partial charge in [0.25, 0.3) is 0 Å².